The number of amides is 1. The highest BCUT2D eigenvalue weighted by molar-refractivity contribution is 7.91. The van der Waals surface area contributed by atoms with Gasteiger partial charge >= 0.3 is 0 Å². The van der Waals surface area contributed by atoms with Crippen molar-refractivity contribution in [3.05, 3.63) is 30.3 Å². The largest absolute Gasteiger partial charge is 0.369 e. The predicted octanol–water partition coefficient (Wildman–Crippen LogP) is 0.843. The van der Waals surface area contributed by atoms with Crippen LogP contribution in [0.2, 0.25) is 0 Å². The van der Waals surface area contributed by atoms with Crippen molar-refractivity contribution in [3.8, 4) is 0 Å². The molecule has 2 saturated heterocycles. The van der Waals surface area contributed by atoms with Gasteiger partial charge in [-0.15, -0.1) is 0 Å². The van der Waals surface area contributed by atoms with Crippen LogP contribution in [0.3, 0.4) is 0 Å². The third kappa shape index (κ3) is 4.15. The Bertz CT molecular complexity index is 700. The van der Waals surface area contributed by atoms with Crippen LogP contribution < -0.4 is 4.90 Å². The smallest absolute Gasteiger partial charge is 0.239 e. The first-order valence-corrected chi connectivity index (χ1v) is 10.7. The van der Waals surface area contributed by atoms with Crippen molar-refractivity contribution < 1.29 is 13.2 Å². The van der Waals surface area contributed by atoms with Gasteiger partial charge in [-0.3, -0.25) is 9.69 Å². The molecule has 2 heterocycles. The van der Waals surface area contributed by atoms with Gasteiger partial charge in [-0.25, -0.2) is 8.42 Å². The lowest BCUT2D eigenvalue weighted by Gasteiger charge is -2.40. The zero-order valence-electron chi connectivity index (χ0n) is 15.0. The number of benzene rings is 1. The highest BCUT2D eigenvalue weighted by Gasteiger charge is 2.35. The molecule has 7 heteroatoms. The summed E-state index contributed by atoms with van der Waals surface area (Å²) < 4.78 is 23.3. The SMILES string of the molecule is CC(C(=O)N(C)C1CCS(=O)(=O)C1)N1CCN(c2ccccc2)CC1. The van der Waals surface area contributed by atoms with Crippen molar-refractivity contribution in [1.82, 2.24) is 9.80 Å². The summed E-state index contributed by atoms with van der Waals surface area (Å²) in [5.74, 6) is 0.318. The van der Waals surface area contributed by atoms with E-state index in [4.69, 9.17) is 0 Å². The maximum absolute atomic E-state index is 12.8. The number of carbonyl (C=O) groups excluding carboxylic acids is 1. The van der Waals surface area contributed by atoms with Gasteiger partial charge in [-0.05, 0) is 25.5 Å². The summed E-state index contributed by atoms with van der Waals surface area (Å²) in [4.78, 5) is 18.9. The van der Waals surface area contributed by atoms with E-state index in [2.05, 4.69) is 21.9 Å². The average molecular weight is 365 g/mol. The molecule has 1 amide bonds. The van der Waals surface area contributed by atoms with Crippen molar-refractivity contribution in [2.75, 3.05) is 49.6 Å². The predicted molar refractivity (Wildman–Crippen MR) is 99.5 cm³/mol. The standard InChI is InChI=1S/C18H27N3O3S/c1-15(18(22)19(2)17-8-13-25(23,24)14-17)20-9-11-21(12-10-20)16-6-4-3-5-7-16/h3-7,15,17H,8-14H2,1-2H3. The average Bonchev–Trinajstić information content (AvgIpc) is 3.00. The Morgan fingerprint density at radius 3 is 2.36 bits per heavy atom. The number of nitrogens with zero attached hydrogens (tertiary/aromatic N) is 3. The van der Waals surface area contributed by atoms with Gasteiger partial charge in [0.25, 0.3) is 0 Å². The van der Waals surface area contributed by atoms with E-state index in [0.29, 0.717) is 6.42 Å². The molecule has 2 aliphatic rings. The summed E-state index contributed by atoms with van der Waals surface area (Å²) >= 11 is 0. The maximum atomic E-state index is 12.8. The van der Waals surface area contributed by atoms with Crippen molar-refractivity contribution in [2.24, 2.45) is 0 Å². The summed E-state index contributed by atoms with van der Waals surface area (Å²) in [5.41, 5.74) is 1.22. The third-order valence-electron chi connectivity index (χ3n) is 5.44. The molecule has 0 bridgehead atoms. The molecular weight excluding hydrogens is 338 g/mol. The highest BCUT2D eigenvalue weighted by Crippen LogP contribution is 2.20. The molecular formula is C18H27N3O3S. The summed E-state index contributed by atoms with van der Waals surface area (Å²) in [6, 6.07) is 9.92. The molecule has 2 fully saturated rings. The van der Waals surface area contributed by atoms with Crippen LogP contribution in [0.4, 0.5) is 5.69 Å². The highest BCUT2D eigenvalue weighted by atomic mass is 32.2. The Labute approximate surface area is 150 Å². The summed E-state index contributed by atoms with van der Waals surface area (Å²) in [6.45, 7) is 5.38. The number of hydrogen-bond acceptors (Lipinski definition) is 5. The Hall–Kier alpha value is -1.60. The molecule has 1 aromatic rings. The lowest BCUT2D eigenvalue weighted by Crippen LogP contribution is -2.55. The second-order valence-electron chi connectivity index (χ2n) is 7.04. The van der Waals surface area contributed by atoms with Crippen LogP contribution in [0.15, 0.2) is 30.3 Å². The van der Waals surface area contributed by atoms with Gasteiger partial charge in [-0.1, -0.05) is 18.2 Å². The van der Waals surface area contributed by atoms with Gasteiger partial charge in [0.15, 0.2) is 9.84 Å². The molecule has 6 nitrogen and oxygen atoms in total. The maximum Gasteiger partial charge on any atom is 0.239 e. The van der Waals surface area contributed by atoms with E-state index in [-0.39, 0.29) is 29.5 Å². The first-order chi connectivity index (χ1) is 11.9. The summed E-state index contributed by atoms with van der Waals surface area (Å²) in [5, 5.41) is 0. The van der Waals surface area contributed by atoms with Crippen LogP contribution in [0.5, 0.6) is 0 Å². The van der Waals surface area contributed by atoms with Crippen LogP contribution >= 0.6 is 0 Å². The number of hydrogen-bond donors (Lipinski definition) is 0. The molecule has 0 aromatic heterocycles. The Balaban J connectivity index is 1.55. The molecule has 0 radical (unpaired) electrons. The lowest BCUT2D eigenvalue weighted by molar-refractivity contribution is -0.136. The zero-order valence-corrected chi connectivity index (χ0v) is 15.8. The van der Waals surface area contributed by atoms with Crippen LogP contribution in [0.1, 0.15) is 13.3 Å². The van der Waals surface area contributed by atoms with E-state index in [1.807, 2.05) is 25.1 Å². The van der Waals surface area contributed by atoms with Gasteiger partial charge in [-0.2, -0.15) is 0 Å². The molecule has 3 rings (SSSR count). The molecule has 2 unspecified atom stereocenters. The van der Waals surface area contributed by atoms with Crippen molar-refractivity contribution in [3.63, 3.8) is 0 Å². The molecule has 2 atom stereocenters. The summed E-state index contributed by atoms with van der Waals surface area (Å²) in [7, 11) is -1.24. The fourth-order valence-corrected chi connectivity index (χ4v) is 5.49. The molecule has 0 aliphatic carbocycles. The van der Waals surface area contributed by atoms with Gasteiger partial charge in [0, 0.05) is 45.0 Å². The van der Waals surface area contributed by atoms with Crippen molar-refractivity contribution >= 4 is 21.4 Å². The Morgan fingerprint density at radius 1 is 1.16 bits per heavy atom. The quantitative estimate of drug-likeness (QED) is 0.791. The van der Waals surface area contributed by atoms with E-state index >= 15 is 0 Å². The normalized spacial score (nSPS) is 24.9. The van der Waals surface area contributed by atoms with E-state index in [1.54, 1.807) is 11.9 Å². The summed E-state index contributed by atoms with van der Waals surface area (Å²) in [6.07, 6.45) is 0.555. The monoisotopic (exact) mass is 365 g/mol. The molecule has 0 saturated carbocycles. The fraction of sp³-hybridized carbons (Fsp3) is 0.611. The van der Waals surface area contributed by atoms with E-state index in [9.17, 15) is 13.2 Å². The Morgan fingerprint density at radius 2 is 1.80 bits per heavy atom. The van der Waals surface area contributed by atoms with Crippen LogP contribution in [0, 0.1) is 0 Å². The minimum atomic E-state index is -2.98. The van der Waals surface area contributed by atoms with Gasteiger partial charge in [0.2, 0.25) is 5.91 Å². The number of likely N-dealkylation sites (N-methyl/N-ethyl adjacent to an activating group) is 1. The molecule has 0 N–H and O–H groups in total. The first-order valence-electron chi connectivity index (χ1n) is 8.88. The number of rotatable bonds is 4. The van der Waals surface area contributed by atoms with Crippen molar-refractivity contribution in [1.29, 1.82) is 0 Å². The number of piperazine rings is 1. The van der Waals surface area contributed by atoms with Crippen molar-refractivity contribution in [2.45, 2.75) is 25.4 Å². The zero-order chi connectivity index (χ0) is 18.0. The second kappa shape index (κ2) is 7.33. The molecule has 25 heavy (non-hydrogen) atoms. The van der Waals surface area contributed by atoms with Crippen LogP contribution in [-0.4, -0.2) is 80.9 Å². The van der Waals surface area contributed by atoms with Gasteiger partial charge < -0.3 is 9.80 Å². The van der Waals surface area contributed by atoms with Crippen LogP contribution in [0.25, 0.3) is 0 Å². The van der Waals surface area contributed by atoms with Gasteiger partial charge in [0.05, 0.1) is 17.5 Å². The number of sulfone groups is 1. The van der Waals surface area contributed by atoms with E-state index < -0.39 is 9.84 Å². The minimum Gasteiger partial charge on any atom is -0.369 e. The minimum absolute atomic E-state index is 0.0234. The third-order valence-corrected chi connectivity index (χ3v) is 7.19. The topological polar surface area (TPSA) is 60.9 Å². The molecule has 0 spiro atoms. The fourth-order valence-electron chi connectivity index (χ4n) is 3.72. The molecule has 1 aromatic carbocycles. The second-order valence-corrected chi connectivity index (χ2v) is 9.27. The van der Waals surface area contributed by atoms with Gasteiger partial charge in [0.1, 0.15) is 0 Å². The molecule has 138 valence electrons. The number of anilines is 1. The number of carbonyl (C=O) groups is 1. The van der Waals surface area contributed by atoms with E-state index in [0.717, 1.165) is 26.2 Å². The Kier molecular flexibility index (Phi) is 5.34. The lowest BCUT2D eigenvalue weighted by atomic mass is 10.1. The molecule has 2 aliphatic heterocycles. The first kappa shape index (κ1) is 18.2. The number of para-hydroxylation sites is 1. The van der Waals surface area contributed by atoms with E-state index in [1.165, 1.54) is 5.69 Å². The van der Waals surface area contributed by atoms with Crippen LogP contribution in [-0.2, 0) is 14.6 Å².